The molecule has 0 fully saturated rings. The fraction of sp³-hybridized carbons (Fsp3) is 0.158. The average Bonchev–Trinajstić information content (AvgIpc) is 2.63. The van der Waals surface area contributed by atoms with Gasteiger partial charge in [0.25, 0.3) is 0 Å². The molecule has 0 aliphatic heterocycles. The molecule has 8 heteroatoms. The highest BCUT2D eigenvalue weighted by Gasteiger charge is 2.22. The topological polar surface area (TPSA) is 76.7 Å². The van der Waals surface area contributed by atoms with E-state index >= 15 is 0 Å². The molecular weight excluding hydrogens is 415 g/mol. The van der Waals surface area contributed by atoms with E-state index in [1.165, 1.54) is 12.1 Å². The molecule has 0 amide bonds. The van der Waals surface area contributed by atoms with Crippen molar-refractivity contribution in [3.05, 3.63) is 75.6 Å². The molecule has 5 nitrogen and oxygen atoms in total. The van der Waals surface area contributed by atoms with Crippen LogP contribution < -0.4 is 5.63 Å². The van der Waals surface area contributed by atoms with Crippen LogP contribution in [0.3, 0.4) is 0 Å². The minimum Gasteiger partial charge on any atom is -0.507 e. The number of halogens is 3. The van der Waals surface area contributed by atoms with Gasteiger partial charge in [-0.1, -0.05) is 59.1 Å². The van der Waals surface area contributed by atoms with Gasteiger partial charge in [0.1, 0.15) is 17.9 Å². The molecule has 3 aromatic rings. The van der Waals surface area contributed by atoms with Crippen molar-refractivity contribution < 1.29 is 19.1 Å². The lowest BCUT2D eigenvalue weighted by molar-refractivity contribution is 0.0512. The van der Waals surface area contributed by atoms with Crippen molar-refractivity contribution in [3.8, 4) is 5.75 Å². The highest BCUT2D eigenvalue weighted by Crippen LogP contribution is 2.28. The zero-order valence-corrected chi connectivity index (χ0v) is 16.0. The molecule has 0 aliphatic carbocycles. The van der Waals surface area contributed by atoms with Gasteiger partial charge in [-0.25, -0.2) is 9.59 Å². The number of aromatic hydroxyl groups is 1. The molecule has 0 saturated carbocycles. The smallest absolute Gasteiger partial charge is 0.343 e. The van der Waals surface area contributed by atoms with E-state index in [0.717, 1.165) is 0 Å². The van der Waals surface area contributed by atoms with E-state index in [4.69, 9.17) is 44.0 Å². The highest BCUT2D eigenvalue weighted by molar-refractivity contribution is 6.67. The van der Waals surface area contributed by atoms with Crippen molar-refractivity contribution in [3.63, 3.8) is 0 Å². The maximum atomic E-state index is 12.2. The van der Waals surface area contributed by atoms with Crippen LogP contribution in [0.4, 0.5) is 0 Å². The van der Waals surface area contributed by atoms with Gasteiger partial charge in [-0.15, -0.1) is 0 Å². The number of alkyl halides is 3. The molecule has 0 bridgehead atoms. The number of fused-ring (bicyclic) bond motifs is 1. The lowest BCUT2D eigenvalue weighted by Gasteiger charge is -2.11. The Hall–Kier alpha value is -2.21. The molecule has 0 atom stereocenters. The summed E-state index contributed by atoms with van der Waals surface area (Å²) < 4.78 is 8.46. The van der Waals surface area contributed by atoms with Crippen LogP contribution in [0, 0.1) is 0 Å². The Morgan fingerprint density at radius 3 is 2.41 bits per heavy atom. The Balaban J connectivity index is 1.80. The fourth-order valence-electron chi connectivity index (χ4n) is 2.52. The third kappa shape index (κ3) is 4.75. The first-order chi connectivity index (χ1) is 12.7. The number of para-hydroxylation sites is 1. The highest BCUT2D eigenvalue weighted by atomic mass is 35.6. The molecule has 0 spiro atoms. The second-order valence-electron chi connectivity index (χ2n) is 5.78. The van der Waals surface area contributed by atoms with Gasteiger partial charge in [0.15, 0.2) is 0 Å². The predicted octanol–water partition coefficient (Wildman–Crippen LogP) is 4.62. The number of rotatable bonds is 4. The van der Waals surface area contributed by atoms with E-state index in [0.29, 0.717) is 16.5 Å². The van der Waals surface area contributed by atoms with Crippen molar-refractivity contribution in [1.82, 2.24) is 0 Å². The molecular formula is C19H13Cl3O5. The molecule has 0 aliphatic rings. The molecule has 0 unspecified atom stereocenters. The van der Waals surface area contributed by atoms with E-state index in [-0.39, 0.29) is 29.9 Å². The quantitative estimate of drug-likeness (QED) is 0.373. The summed E-state index contributed by atoms with van der Waals surface area (Å²) in [6.45, 7) is -0.371. The van der Waals surface area contributed by atoms with Crippen molar-refractivity contribution in [2.45, 2.75) is 10.2 Å². The summed E-state index contributed by atoms with van der Waals surface area (Å²) in [5.41, 5.74) is 0.807. The number of esters is 1. The SMILES string of the molecule is O=C(OCC(Cl)(Cl)Cl)c1ccc(Cc2c(O)c3ccccc3oc2=O)cc1. The normalized spacial score (nSPS) is 11.5. The molecule has 27 heavy (non-hydrogen) atoms. The monoisotopic (exact) mass is 426 g/mol. The molecule has 1 heterocycles. The summed E-state index contributed by atoms with van der Waals surface area (Å²) in [7, 11) is 0. The molecule has 1 N–H and O–H groups in total. The average molecular weight is 428 g/mol. The lowest BCUT2D eigenvalue weighted by Crippen LogP contribution is -2.17. The van der Waals surface area contributed by atoms with Gasteiger partial charge in [-0.3, -0.25) is 0 Å². The van der Waals surface area contributed by atoms with Gasteiger partial charge in [-0.2, -0.15) is 0 Å². The molecule has 140 valence electrons. The maximum absolute atomic E-state index is 12.2. The van der Waals surface area contributed by atoms with Gasteiger partial charge in [0.2, 0.25) is 3.79 Å². The van der Waals surface area contributed by atoms with E-state index < -0.39 is 15.4 Å². The molecule has 2 aromatic carbocycles. The Labute approximate surface area is 169 Å². The summed E-state index contributed by atoms with van der Waals surface area (Å²) in [6, 6.07) is 13.1. The van der Waals surface area contributed by atoms with Gasteiger partial charge in [-0.05, 0) is 29.8 Å². The van der Waals surface area contributed by atoms with Crippen LogP contribution in [0.25, 0.3) is 11.0 Å². The summed E-state index contributed by atoms with van der Waals surface area (Å²) in [6.07, 6.45) is 0.141. The zero-order chi connectivity index (χ0) is 19.6. The number of carbonyl (C=O) groups excluding carboxylic acids is 1. The van der Waals surface area contributed by atoms with Crippen LogP contribution >= 0.6 is 34.8 Å². The van der Waals surface area contributed by atoms with Gasteiger partial charge in [0, 0.05) is 6.42 Å². The molecule has 0 saturated heterocycles. The van der Waals surface area contributed by atoms with Crippen LogP contribution in [0.15, 0.2) is 57.7 Å². The van der Waals surface area contributed by atoms with Gasteiger partial charge >= 0.3 is 11.6 Å². The van der Waals surface area contributed by atoms with E-state index in [9.17, 15) is 14.7 Å². The minimum atomic E-state index is -1.68. The van der Waals surface area contributed by atoms with Gasteiger partial charge < -0.3 is 14.3 Å². The fourth-order valence-corrected chi connectivity index (χ4v) is 2.69. The maximum Gasteiger partial charge on any atom is 0.343 e. The van der Waals surface area contributed by atoms with Crippen LogP contribution in [0.5, 0.6) is 5.75 Å². The first-order valence-electron chi connectivity index (χ1n) is 7.81. The Bertz CT molecular complexity index is 1040. The van der Waals surface area contributed by atoms with Crippen LogP contribution in [0.2, 0.25) is 0 Å². The lowest BCUT2D eigenvalue weighted by atomic mass is 10.0. The Morgan fingerprint density at radius 1 is 1.07 bits per heavy atom. The number of benzene rings is 2. The van der Waals surface area contributed by atoms with E-state index in [1.54, 1.807) is 36.4 Å². The number of hydrogen-bond acceptors (Lipinski definition) is 5. The van der Waals surface area contributed by atoms with Crippen LogP contribution in [-0.2, 0) is 11.2 Å². The van der Waals surface area contributed by atoms with Crippen molar-refractivity contribution in [2.24, 2.45) is 0 Å². The Kier molecular flexibility index (Phi) is 5.65. The third-order valence-corrected chi connectivity index (χ3v) is 4.14. The summed E-state index contributed by atoms with van der Waals surface area (Å²) >= 11 is 16.6. The largest absolute Gasteiger partial charge is 0.507 e. The zero-order valence-electron chi connectivity index (χ0n) is 13.7. The summed E-state index contributed by atoms with van der Waals surface area (Å²) in [4.78, 5) is 24.1. The van der Waals surface area contributed by atoms with Crippen LogP contribution in [0.1, 0.15) is 21.5 Å². The van der Waals surface area contributed by atoms with Crippen molar-refractivity contribution in [1.29, 1.82) is 0 Å². The summed E-state index contributed by atoms with van der Waals surface area (Å²) in [5.74, 6) is -0.756. The Morgan fingerprint density at radius 2 is 1.74 bits per heavy atom. The molecule has 1 aromatic heterocycles. The minimum absolute atomic E-state index is 0.118. The van der Waals surface area contributed by atoms with E-state index in [2.05, 4.69) is 0 Å². The number of hydrogen-bond donors (Lipinski definition) is 1. The summed E-state index contributed by atoms with van der Waals surface area (Å²) in [5, 5.41) is 10.9. The second-order valence-corrected chi connectivity index (χ2v) is 8.29. The van der Waals surface area contributed by atoms with Crippen molar-refractivity contribution in [2.75, 3.05) is 6.61 Å². The van der Waals surface area contributed by atoms with Crippen LogP contribution in [-0.4, -0.2) is 21.5 Å². The standard InChI is InChI=1S/C19H13Cl3O5/c20-19(21,22)10-26-17(24)12-7-5-11(6-8-12)9-14-16(23)13-3-1-2-4-15(13)27-18(14)25/h1-8,23H,9-10H2. The van der Waals surface area contributed by atoms with Crippen molar-refractivity contribution >= 4 is 51.7 Å². The first kappa shape index (κ1) is 19.5. The number of carbonyl (C=O) groups is 1. The number of ether oxygens (including phenoxy) is 1. The molecule has 3 rings (SSSR count). The van der Waals surface area contributed by atoms with Gasteiger partial charge in [0.05, 0.1) is 16.5 Å². The first-order valence-corrected chi connectivity index (χ1v) is 8.94. The third-order valence-electron chi connectivity index (χ3n) is 3.81. The second kappa shape index (κ2) is 7.80. The van der Waals surface area contributed by atoms with E-state index in [1.807, 2.05) is 0 Å². The molecule has 0 radical (unpaired) electrons. The predicted molar refractivity (Wildman–Crippen MR) is 104 cm³/mol.